The number of hydrogen-bond acceptors (Lipinski definition) is 3. The number of anilines is 2. The number of alkyl halides is 2. The Morgan fingerprint density at radius 1 is 1.50 bits per heavy atom. The zero-order valence-corrected chi connectivity index (χ0v) is 10.4. The first-order valence-corrected chi connectivity index (χ1v) is 5.51. The Kier molecular flexibility index (Phi) is 5.03. The molecule has 0 aliphatic rings. The molecule has 0 unspecified atom stereocenters. The predicted octanol–water partition coefficient (Wildman–Crippen LogP) is 1.71. The fourth-order valence-electron chi connectivity index (χ4n) is 1.52. The quantitative estimate of drug-likeness (QED) is 0.789. The number of rotatable bonds is 5. The highest BCUT2D eigenvalue weighted by Crippen LogP contribution is 2.20. The molecule has 0 atom stereocenters. The number of carbonyl (C=O) groups is 1. The lowest BCUT2D eigenvalue weighted by Crippen LogP contribution is -2.33. The van der Waals surface area contributed by atoms with Gasteiger partial charge in [-0.05, 0) is 31.7 Å². The monoisotopic (exact) mass is 257 g/mol. The van der Waals surface area contributed by atoms with Gasteiger partial charge in [0.2, 0.25) is 5.91 Å². The molecule has 0 heterocycles. The Hall–Kier alpha value is -1.69. The molecule has 0 radical (unpaired) electrons. The van der Waals surface area contributed by atoms with Gasteiger partial charge in [-0.1, -0.05) is 6.07 Å². The molecule has 1 rings (SSSR count). The third kappa shape index (κ3) is 4.29. The minimum absolute atomic E-state index is 0.0847. The maximum Gasteiger partial charge on any atom is 0.251 e. The smallest absolute Gasteiger partial charge is 0.251 e. The van der Waals surface area contributed by atoms with Crippen molar-refractivity contribution in [3.63, 3.8) is 0 Å². The van der Waals surface area contributed by atoms with Crippen LogP contribution in [-0.2, 0) is 4.79 Å². The number of hydrogen-bond donors (Lipinski definition) is 2. The van der Waals surface area contributed by atoms with Crippen molar-refractivity contribution in [2.75, 3.05) is 31.2 Å². The third-order valence-corrected chi connectivity index (χ3v) is 2.51. The number of halogens is 2. The topological polar surface area (TPSA) is 58.4 Å². The van der Waals surface area contributed by atoms with Gasteiger partial charge in [-0.15, -0.1) is 0 Å². The van der Waals surface area contributed by atoms with Crippen LogP contribution in [0.3, 0.4) is 0 Å². The van der Waals surface area contributed by atoms with Crippen LogP contribution in [0.4, 0.5) is 20.2 Å². The maximum absolute atomic E-state index is 12.1. The van der Waals surface area contributed by atoms with E-state index in [4.69, 9.17) is 5.73 Å². The molecule has 1 aromatic carbocycles. The summed E-state index contributed by atoms with van der Waals surface area (Å²) in [4.78, 5) is 12.9. The summed E-state index contributed by atoms with van der Waals surface area (Å²) in [5.74, 6) is -0.341. The average Bonchev–Trinajstić information content (AvgIpc) is 2.23. The fraction of sp³-hybridized carbons (Fsp3) is 0.417. The summed E-state index contributed by atoms with van der Waals surface area (Å²) in [6.45, 7) is 1.27. The van der Waals surface area contributed by atoms with Crippen LogP contribution >= 0.6 is 0 Å². The van der Waals surface area contributed by atoms with E-state index >= 15 is 0 Å². The van der Waals surface area contributed by atoms with E-state index in [1.807, 2.05) is 0 Å². The van der Waals surface area contributed by atoms with Crippen LogP contribution in [0.15, 0.2) is 18.2 Å². The number of nitrogen functional groups attached to an aromatic ring is 1. The summed E-state index contributed by atoms with van der Waals surface area (Å²) in [5.41, 5.74) is 7.65. The zero-order chi connectivity index (χ0) is 13.7. The van der Waals surface area contributed by atoms with Crippen LogP contribution in [0.1, 0.15) is 5.56 Å². The highest BCUT2D eigenvalue weighted by molar-refractivity contribution is 5.93. The Balaban J connectivity index is 2.57. The second-order valence-electron chi connectivity index (χ2n) is 4.16. The first-order chi connectivity index (χ1) is 8.40. The van der Waals surface area contributed by atoms with Gasteiger partial charge >= 0.3 is 0 Å². The van der Waals surface area contributed by atoms with Gasteiger partial charge in [-0.25, -0.2) is 8.78 Å². The van der Waals surface area contributed by atoms with Gasteiger partial charge in [0.1, 0.15) is 0 Å². The third-order valence-electron chi connectivity index (χ3n) is 2.51. The Morgan fingerprint density at radius 2 is 2.17 bits per heavy atom. The first kappa shape index (κ1) is 14.4. The molecule has 0 saturated carbocycles. The van der Waals surface area contributed by atoms with Gasteiger partial charge in [0, 0.05) is 11.4 Å². The SMILES string of the molecule is Cc1c(N)cccc1NC(=O)CN(C)CC(F)F. The van der Waals surface area contributed by atoms with E-state index in [0.29, 0.717) is 11.4 Å². The molecule has 0 aliphatic heterocycles. The molecular formula is C12H17F2N3O. The van der Waals surface area contributed by atoms with Crippen molar-refractivity contribution < 1.29 is 13.6 Å². The molecule has 0 saturated heterocycles. The Labute approximate surface area is 105 Å². The van der Waals surface area contributed by atoms with Gasteiger partial charge in [0.05, 0.1) is 13.1 Å². The molecule has 6 heteroatoms. The maximum atomic E-state index is 12.1. The Bertz CT molecular complexity index is 424. The van der Waals surface area contributed by atoms with Crippen LogP contribution in [0, 0.1) is 6.92 Å². The lowest BCUT2D eigenvalue weighted by atomic mass is 10.1. The van der Waals surface area contributed by atoms with Crippen LogP contribution in [-0.4, -0.2) is 37.4 Å². The van der Waals surface area contributed by atoms with Crippen molar-refractivity contribution in [3.8, 4) is 0 Å². The van der Waals surface area contributed by atoms with Crippen LogP contribution < -0.4 is 11.1 Å². The van der Waals surface area contributed by atoms with Crippen molar-refractivity contribution in [2.45, 2.75) is 13.3 Å². The molecule has 18 heavy (non-hydrogen) atoms. The molecule has 0 fully saturated rings. The van der Waals surface area contributed by atoms with E-state index in [0.717, 1.165) is 5.56 Å². The number of amides is 1. The molecule has 1 aromatic rings. The second kappa shape index (κ2) is 6.30. The Morgan fingerprint density at radius 3 is 2.78 bits per heavy atom. The lowest BCUT2D eigenvalue weighted by molar-refractivity contribution is -0.117. The van der Waals surface area contributed by atoms with Crippen molar-refractivity contribution in [1.29, 1.82) is 0 Å². The normalized spacial score (nSPS) is 11.0. The number of likely N-dealkylation sites (N-methyl/N-ethyl adjacent to an activating group) is 1. The van der Waals surface area contributed by atoms with Crippen molar-refractivity contribution >= 4 is 17.3 Å². The molecular weight excluding hydrogens is 240 g/mol. The van der Waals surface area contributed by atoms with E-state index in [1.165, 1.54) is 11.9 Å². The predicted molar refractivity (Wildman–Crippen MR) is 67.7 cm³/mol. The van der Waals surface area contributed by atoms with E-state index < -0.39 is 13.0 Å². The molecule has 0 aliphatic carbocycles. The molecule has 1 amide bonds. The summed E-state index contributed by atoms with van der Waals surface area (Å²) in [6, 6.07) is 5.17. The standard InChI is InChI=1S/C12H17F2N3O/c1-8-9(15)4-3-5-10(8)16-12(18)7-17(2)6-11(13)14/h3-5,11H,6-7,15H2,1-2H3,(H,16,18). The number of nitrogens with one attached hydrogen (secondary N) is 1. The van der Waals surface area contributed by atoms with Gasteiger partial charge in [-0.2, -0.15) is 0 Å². The summed E-state index contributed by atoms with van der Waals surface area (Å²) in [6.07, 6.45) is -2.45. The van der Waals surface area contributed by atoms with Crippen molar-refractivity contribution in [3.05, 3.63) is 23.8 Å². The van der Waals surface area contributed by atoms with Gasteiger partial charge < -0.3 is 11.1 Å². The number of benzene rings is 1. The van der Waals surface area contributed by atoms with Crippen molar-refractivity contribution in [1.82, 2.24) is 4.90 Å². The van der Waals surface area contributed by atoms with Crippen molar-refractivity contribution in [2.24, 2.45) is 0 Å². The molecule has 0 aromatic heterocycles. The first-order valence-electron chi connectivity index (χ1n) is 5.51. The average molecular weight is 257 g/mol. The molecule has 4 nitrogen and oxygen atoms in total. The number of carbonyl (C=O) groups excluding carboxylic acids is 1. The van der Waals surface area contributed by atoms with Gasteiger partial charge in [0.25, 0.3) is 6.43 Å². The minimum atomic E-state index is -2.45. The molecule has 0 spiro atoms. The summed E-state index contributed by atoms with van der Waals surface area (Å²) >= 11 is 0. The van der Waals surface area contributed by atoms with E-state index in [9.17, 15) is 13.6 Å². The lowest BCUT2D eigenvalue weighted by Gasteiger charge is -2.16. The van der Waals surface area contributed by atoms with Gasteiger partial charge in [-0.3, -0.25) is 9.69 Å². The molecule has 3 N–H and O–H groups in total. The van der Waals surface area contributed by atoms with Gasteiger partial charge in [0.15, 0.2) is 0 Å². The summed E-state index contributed by atoms with van der Waals surface area (Å²) in [7, 11) is 1.47. The minimum Gasteiger partial charge on any atom is -0.398 e. The summed E-state index contributed by atoms with van der Waals surface area (Å²) < 4.78 is 24.2. The molecule has 0 bridgehead atoms. The number of nitrogens with two attached hydrogens (primary N) is 1. The highest BCUT2D eigenvalue weighted by Gasteiger charge is 2.12. The zero-order valence-electron chi connectivity index (χ0n) is 10.4. The fourth-order valence-corrected chi connectivity index (χ4v) is 1.52. The van der Waals surface area contributed by atoms with Crippen LogP contribution in [0.25, 0.3) is 0 Å². The summed E-state index contributed by atoms with van der Waals surface area (Å²) in [5, 5.41) is 2.65. The van der Waals surface area contributed by atoms with E-state index in [-0.39, 0.29) is 12.5 Å². The van der Waals surface area contributed by atoms with Crippen LogP contribution in [0.5, 0.6) is 0 Å². The van der Waals surface area contributed by atoms with E-state index in [1.54, 1.807) is 25.1 Å². The number of nitrogens with zero attached hydrogens (tertiary/aromatic N) is 1. The second-order valence-corrected chi connectivity index (χ2v) is 4.16. The van der Waals surface area contributed by atoms with E-state index in [2.05, 4.69) is 5.32 Å². The molecule has 100 valence electrons. The largest absolute Gasteiger partial charge is 0.398 e. The highest BCUT2D eigenvalue weighted by atomic mass is 19.3. The van der Waals surface area contributed by atoms with Crippen LogP contribution in [0.2, 0.25) is 0 Å².